The molecule has 1 nitrogen and oxygen atoms in total. The topological polar surface area (TPSA) is 12.0 Å². The quantitative estimate of drug-likeness (QED) is 0.800. The molecule has 14 heavy (non-hydrogen) atoms. The van der Waals surface area contributed by atoms with E-state index in [1.165, 1.54) is 22.4 Å². The fourth-order valence-electron chi connectivity index (χ4n) is 1.97. The van der Waals surface area contributed by atoms with Gasteiger partial charge >= 0.3 is 0 Å². The Labute approximate surface area is 90.3 Å². The van der Waals surface area contributed by atoms with Gasteiger partial charge in [-0.25, -0.2) is 0 Å². The summed E-state index contributed by atoms with van der Waals surface area (Å²) in [4.78, 5) is 1.51. The van der Waals surface area contributed by atoms with Crippen LogP contribution in [0.3, 0.4) is 0 Å². The third-order valence-corrected chi connectivity index (χ3v) is 4.19. The van der Waals surface area contributed by atoms with Gasteiger partial charge in [-0.05, 0) is 43.5 Å². The Kier molecular flexibility index (Phi) is 2.84. The molecule has 1 N–H and O–H groups in total. The standard InChI is InChI=1S/C12H17NS/c1-4-13-11-7-10-8(2)5-6-9(3)12(10)14-11/h5-6,11,13H,4,7H2,1-3H3. The predicted molar refractivity (Wildman–Crippen MR) is 62.9 cm³/mol. The summed E-state index contributed by atoms with van der Waals surface area (Å²) < 4.78 is 0. The Balaban J connectivity index is 2.29. The van der Waals surface area contributed by atoms with Crippen molar-refractivity contribution < 1.29 is 0 Å². The molecule has 1 aromatic rings. The number of thioether (sulfide) groups is 1. The lowest BCUT2D eigenvalue weighted by molar-refractivity contribution is 0.679. The number of likely N-dealkylation sites (N-methyl/N-ethyl adjacent to an activating group) is 1. The van der Waals surface area contributed by atoms with Crippen LogP contribution in [-0.4, -0.2) is 11.9 Å². The molecule has 1 aliphatic rings. The molecule has 0 fully saturated rings. The van der Waals surface area contributed by atoms with E-state index < -0.39 is 0 Å². The van der Waals surface area contributed by atoms with Gasteiger partial charge in [0, 0.05) is 4.90 Å². The van der Waals surface area contributed by atoms with Gasteiger partial charge in [0.15, 0.2) is 0 Å². The summed E-state index contributed by atoms with van der Waals surface area (Å²) in [5.74, 6) is 0. The van der Waals surface area contributed by atoms with Crippen LogP contribution in [0.2, 0.25) is 0 Å². The molecule has 0 radical (unpaired) electrons. The summed E-state index contributed by atoms with van der Waals surface area (Å²) in [6, 6.07) is 4.47. The highest BCUT2D eigenvalue weighted by molar-refractivity contribution is 8.00. The van der Waals surface area contributed by atoms with Crippen molar-refractivity contribution in [2.75, 3.05) is 6.54 Å². The van der Waals surface area contributed by atoms with Gasteiger partial charge in [-0.1, -0.05) is 19.1 Å². The van der Waals surface area contributed by atoms with Crippen molar-refractivity contribution in [3.05, 3.63) is 28.8 Å². The smallest absolute Gasteiger partial charge is 0.0621 e. The van der Waals surface area contributed by atoms with E-state index in [1.54, 1.807) is 5.56 Å². The summed E-state index contributed by atoms with van der Waals surface area (Å²) in [6.07, 6.45) is 1.18. The Bertz CT molecular complexity index is 315. The summed E-state index contributed by atoms with van der Waals surface area (Å²) in [5.41, 5.74) is 4.43. The van der Waals surface area contributed by atoms with Crippen molar-refractivity contribution in [2.45, 2.75) is 37.5 Å². The van der Waals surface area contributed by atoms with Crippen LogP contribution >= 0.6 is 11.8 Å². The lowest BCUT2D eigenvalue weighted by atomic mass is 10.0. The van der Waals surface area contributed by atoms with Crippen molar-refractivity contribution >= 4 is 11.8 Å². The molecule has 0 amide bonds. The van der Waals surface area contributed by atoms with E-state index in [-0.39, 0.29) is 0 Å². The first kappa shape index (κ1) is 10.1. The molecule has 1 aromatic carbocycles. The molecule has 1 aliphatic heterocycles. The van der Waals surface area contributed by atoms with Crippen LogP contribution in [0.25, 0.3) is 0 Å². The third-order valence-electron chi connectivity index (χ3n) is 2.77. The molecule has 0 saturated heterocycles. The van der Waals surface area contributed by atoms with Gasteiger partial charge in [0.05, 0.1) is 5.37 Å². The minimum absolute atomic E-state index is 0.592. The first-order chi connectivity index (χ1) is 6.72. The van der Waals surface area contributed by atoms with E-state index in [1.807, 2.05) is 11.8 Å². The zero-order valence-electron chi connectivity index (χ0n) is 9.05. The van der Waals surface area contributed by atoms with Gasteiger partial charge in [0.25, 0.3) is 0 Å². The molecular weight excluding hydrogens is 190 g/mol. The summed E-state index contributed by atoms with van der Waals surface area (Å²) >= 11 is 1.99. The zero-order valence-corrected chi connectivity index (χ0v) is 9.87. The maximum atomic E-state index is 3.51. The molecule has 0 bridgehead atoms. The number of hydrogen-bond acceptors (Lipinski definition) is 2. The Morgan fingerprint density at radius 2 is 2.07 bits per heavy atom. The maximum absolute atomic E-state index is 3.51. The van der Waals surface area contributed by atoms with E-state index in [0.717, 1.165) is 6.54 Å². The van der Waals surface area contributed by atoms with Crippen molar-refractivity contribution in [2.24, 2.45) is 0 Å². The highest BCUT2D eigenvalue weighted by Gasteiger charge is 2.23. The number of nitrogens with one attached hydrogen (secondary N) is 1. The van der Waals surface area contributed by atoms with Gasteiger partial charge < -0.3 is 5.32 Å². The largest absolute Gasteiger partial charge is 0.305 e. The minimum atomic E-state index is 0.592. The van der Waals surface area contributed by atoms with E-state index >= 15 is 0 Å². The first-order valence-corrected chi connectivity index (χ1v) is 6.09. The molecule has 1 unspecified atom stereocenters. The maximum Gasteiger partial charge on any atom is 0.0621 e. The number of benzene rings is 1. The Morgan fingerprint density at radius 1 is 1.36 bits per heavy atom. The molecule has 0 saturated carbocycles. The van der Waals surface area contributed by atoms with Gasteiger partial charge in [-0.2, -0.15) is 0 Å². The monoisotopic (exact) mass is 207 g/mol. The summed E-state index contributed by atoms with van der Waals surface area (Å²) in [5, 5.41) is 4.10. The molecule has 1 atom stereocenters. The molecule has 0 spiro atoms. The lowest BCUT2D eigenvalue weighted by Gasteiger charge is -2.07. The third kappa shape index (κ3) is 1.69. The SMILES string of the molecule is CCNC1Cc2c(C)ccc(C)c2S1. The first-order valence-electron chi connectivity index (χ1n) is 5.21. The second-order valence-electron chi connectivity index (χ2n) is 3.88. The summed E-state index contributed by atoms with van der Waals surface area (Å²) in [7, 11) is 0. The molecule has 76 valence electrons. The van der Waals surface area contributed by atoms with Gasteiger partial charge in [0.1, 0.15) is 0 Å². The van der Waals surface area contributed by atoms with Crippen LogP contribution in [0.5, 0.6) is 0 Å². The van der Waals surface area contributed by atoms with E-state index in [4.69, 9.17) is 0 Å². The van der Waals surface area contributed by atoms with Crippen LogP contribution in [0.4, 0.5) is 0 Å². The average molecular weight is 207 g/mol. The fraction of sp³-hybridized carbons (Fsp3) is 0.500. The summed E-state index contributed by atoms with van der Waals surface area (Å²) in [6.45, 7) is 7.65. The molecule has 2 heteroatoms. The number of aryl methyl sites for hydroxylation is 2. The van der Waals surface area contributed by atoms with Gasteiger partial charge in [-0.3, -0.25) is 0 Å². The highest BCUT2D eigenvalue weighted by atomic mass is 32.2. The van der Waals surface area contributed by atoms with Crippen LogP contribution in [-0.2, 0) is 6.42 Å². The average Bonchev–Trinajstić information content (AvgIpc) is 2.57. The Hall–Kier alpha value is -0.470. The Morgan fingerprint density at radius 3 is 2.71 bits per heavy atom. The minimum Gasteiger partial charge on any atom is -0.305 e. The van der Waals surface area contributed by atoms with Crippen LogP contribution in [0, 0.1) is 13.8 Å². The lowest BCUT2D eigenvalue weighted by Crippen LogP contribution is -2.24. The second-order valence-corrected chi connectivity index (χ2v) is 5.09. The molecule has 0 aromatic heterocycles. The molecule has 1 heterocycles. The van der Waals surface area contributed by atoms with Crippen molar-refractivity contribution in [1.82, 2.24) is 5.32 Å². The van der Waals surface area contributed by atoms with Crippen LogP contribution in [0.1, 0.15) is 23.6 Å². The van der Waals surface area contributed by atoms with Crippen molar-refractivity contribution in [3.8, 4) is 0 Å². The predicted octanol–water partition coefficient (Wildman–Crippen LogP) is 2.89. The van der Waals surface area contributed by atoms with Crippen LogP contribution < -0.4 is 5.32 Å². The van der Waals surface area contributed by atoms with Gasteiger partial charge in [0.2, 0.25) is 0 Å². The molecule has 0 aliphatic carbocycles. The molecule has 2 rings (SSSR count). The van der Waals surface area contributed by atoms with E-state index in [0.29, 0.717) is 5.37 Å². The van der Waals surface area contributed by atoms with Crippen molar-refractivity contribution in [1.29, 1.82) is 0 Å². The van der Waals surface area contributed by atoms with E-state index in [9.17, 15) is 0 Å². The zero-order chi connectivity index (χ0) is 10.1. The van der Waals surface area contributed by atoms with Crippen LogP contribution in [0.15, 0.2) is 17.0 Å². The normalized spacial score (nSPS) is 19.8. The van der Waals surface area contributed by atoms with Gasteiger partial charge in [-0.15, -0.1) is 11.8 Å². The highest BCUT2D eigenvalue weighted by Crippen LogP contribution is 2.39. The number of hydrogen-bond donors (Lipinski definition) is 1. The molecular formula is C12H17NS. The second kappa shape index (κ2) is 3.95. The fourth-order valence-corrected chi connectivity index (χ4v) is 3.40. The van der Waals surface area contributed by atoms with Crippen molar-refractivity contribution in [3.63, 3.8) is 0 Å². The number of rotatable bonds is 2. The number of fused-ring (bicyclic) bond motifs is 1. The van der Waals surface area contributed by atoms with E-state index in [2.05, 4.69) is 38.2 Å².